The summed E-state index contributed by atoms with van der Waals surface area (Å²) in [7, 11) is 1.86. The first-order valence-electron chi connectivity index (χ1n) is 6.09. The molecule has 1 N–H and O–H groups in total. The van der Waals surface area contributed by atoms with E-state index < -0.39 is 0 Å². The van der Waals surface area contributed by atoms with E-state index in [0.29, 0.717) is 10.0 Å². The van der Waals surface area contributed by atoms with Crippen LogP contribution in [-0.4, -0.2) is 21.3 Å². The molecule has 0 radical (unpaired) electrons. The second-order valence-electron chi connectivity index (χ2n) is 4.43. The van der Waals surface area contributed by atoms with Crippen LogP contribution >= 0.6 is 23.2 Å². The summed E-state index contributed by atoms with van der Waals surface area (Å²) in [5.74, 6) is 0.844. The lowest BCUT2D eigenvalue weighted by Gasteiger charge is -2.14. The largest absolute Gasteiger partial charge is 0.310 e. The topological polar surface area (TPSA) is 42.7 Å². The van der Waals surface area contributed by atoms with Crippen LogP contribution in [0.2, 0.25) is 10.0 Å². The Balaban J connectivity index is 1.86. The lowest BCUT2D eigenvalue weighted by atomic mass is 10.1. The molecule has 2 rings (SSSR count). The zero-order valence-electron chi connectivity index (χ0n) is 10.9. The summed E-state index contributed by atoms with van der Waals surface area (Å²) in [5.41, 5.74) is 1.11. The van der Waals surface area contributed by atoms with Gasteiger partial charge >= 0.3 is 0 Å². The van der Waals surface area contributed by atoms with Gasteiger partial charge in [-0.3, -0.25) is 4.68 Å². The molecule has 1 atom stereocenters. The number of benzene rings is 1. The fourth-order valence-corrected chi connectivity index (χ4v) is 2.11. The Hall–Kier alpha value is -1.10. The number of nitrogens with one attached hydrogen (secondary N) is 1. The molecule has 0 saturated heterocycles. The molecule has 0 amide bonds. The Kier molecular flexibility index (Phi) is 4.80. The molecule has 0 fully saturated rings. The van der Waals surface area contributed by atoms with Crippen LogP contribution in [0, 0.1) is 0 Å². The van der Waals surface area contributed by atoms with Crippen molar-refractivity contribution in [2.45, 2.75) is 19.4 Å². The van der Waals surface area contributed by atoms with Gasteiger partial charge in [0.05, 0.1) is 10.0 Å². The van der Waals surface area contributed by atoms with Crippen molar-refractivity contribution in [3.8, 4) is 0 Å². The van der Waals surface area contributed by atoms with Gasteiger partial charge in [0.15, 0.2) is 5.82 Å². The van der Waals surface area contributed by atoms with Crippen molar-refractivity contribution in [3.05, 3.63) is 46.0 Å². The molecule has 6 heteroatoms. The van der Waals surface area contributed by atoms with Gasteiger partial charge in [0.1, 0.15) is 6.33 Å². The van der Waals surface area contributed by atoms with Crippen molar-refractivity contribution >= 4 is 23.2 Å². The number of hydrogen-bond donors (Lipinski definition) is 1. The van der Waals surface area contributed by atoms with Crippen LogP contribution in [0.4, 0.5) is 0 Å². The third-order valence-electron chi connectivity index (χ3n) is 2.89. The van der Waals surface area contributed by atoms with E-state index in [1.165, 1.54) is 0 Å². The number of aryl methyl sites for hydroxylation is 1. The monoisotopic (exact) mass is 298 g/mol. The Morgan fingerprint density at radius 3 is 2.74 bits per heavy atom. The van der Waals surface area contributed by atoms with Crippen LogP contribution in [0.25, 0.3) is 0 Å². The highest BCUT2D eigenvalue weighted by Gasteiger charge is 2.07. The maximum absolute atomic E-state index is 6.01. The van der Waals surface area contributed by atoms with Gasteiger partial charge < -0.3 is 5.32 Å². The van der Waals surface area contributed by atoms with E-state index in [9.17, 15) is 0 Å². The van der Waals surface area contributed by atoms with E-state index >= 15 is 0 Å². The molecule has 1 heterocycles. The highest BCUT2D eigenvalue weighted by atomic mass is 35.5. The molecular weight excluding hydrogens is 283 g/mol. The summed E-state index contributed by atoms with van der Waals surface area (Å²) in [6, 6.07) is 5.89. The molecule has 1 aromatic carbocycles. The molecule has 4 nitrogen and oxygen atoms in total. The molecule has 2 aromatic rings. The van der Waals surface area contributed by atoms with Gasteiger partial charge in [-0.2, -0.15) is 5.10 Å². The Bertz CT molecular complexity index is 553. The Labute approximate surface area is 122 Å². The molecule has 0 spiro atoms. The van der Waals surface area contributed by atoms with Gasteiger partial charge in [-0.25, -0.2) is 4.98 Å². The molecule has 0 aliphatic heterocycles. The molecule has 1 aromatic heterocycles. The number of halogens is 2. The zero-order valence-corrected chi connectivity index (χ0v) is 12.4. The smallest absolute Gasteiger partial charge is 0.151 e. The summed E-state index contributed by atoms with van der Waals surface area (Å²) >= 11 is 11.9. The van der Waals surface area contributed by atoms with Crippen LogP contribution in [0.3, 0.4) is 0 Å². The fourth-order valence-electron chi connectivity index (χ4n) is 1.80. The third-order valence-corrected chi connectivity index (χ3v) is 3.63. The van der Waals surface area contributed by atoms with Gasteiger partial charge in [-0.05, 0) is 24.6 Å². The van der Waals surface area contributed by atoms with Crippen molar-refractivity contribution in [3.63, 3.8) is 0 Å². The van der Waals surface area contributed by atoms with Crippen molar-refractivity contribution in [2.24, 2.45) is 7.05 Å². The average molecular weight is 299 g/mol. The third kappa shape index (κ3) is 3.93. The molecule has 102 valence electrons. The highest BCUT2D eigenvalue weighted by Crippen LogP contribution is 2.25. The van der Waals surface area contributed by atoms with E-state index in [0.717, 1.165) is 24.4 Å². The Morgan fingerprint density at radius 1 is 1.32 bits per heavy atom. The minimum absolute atomic E-state index is 0.207. The van der Waals surface area contributed by atoms with E-state index in [4.69, 9.17) is 23.2 Å². The van der Waals surface area contributed by atoms with Gasteiger partial charge in [0.25, 0.3) is 0 Å². The molecule has 0 aliphatic carbocycles. The first-order valence-corrected chi connectivity index (χ1v) is 6.84. The van der Waals surface area contributed by atoms with Crippen molar-refractivity contribution in [1.29, 1.82) is 0 Å². The van der Waals surface area contributed by atoms with E-state index in [-0.39, 0.29) is 6.04 Å². The number of rotatable bonds is 5. The first-order chi connectivity index (χ1) is 9.06. The first kappa shape index (κ1) is 14.3. The lowest BCUT2D eigenvalue weighted by Crippen LogP contribution is -2.21. The quantitative estimate of drug-likeness (QED) is 0.923. The molecule has 1 unspecified atom stereocenters. The molecule has 0 bridgehead atoms. The van der Waals surface area contributed by atoms with E-state index in [1.807, 2.05) is 25.2 Å². The SMILES string of the molecule is CC(NCCc1ncn(C)n1)c1ccc(Cl)c(Cl)c1. The zero-order chi connectivity index (χ0) is 13.8. The van der Waals surface area contributed by atoms with Gasteiger partial charge in [-0.1, -0.05) is 29.3 Å². The minimum Gasteiger partial charge on any atom is -0.310 e. The second-order valence-corrected chi connectivity index (χ2v) is 5.25. The van der Waals surface area contributed by atoms with Crippen molar-refractivity contribution in [2.75, 3.05) is 6.54 Å². The van der Waals surface area contributed by atoms with Crippen molar-refractivity contribution in [1.82, 2.24) is 20.1 Å². The molecule has 0 saturated carbocycles. The van der Waals surface area contributed by atoms with Crippen LogP contribution < -0.4 is 5.32 Å². The number of hydrogen-bond acceptors (Lipinski definition) is 3. The second kappa shape index (κ2) is 6.37. The number of nitrogens with zero attached hydrogens (tertiary/aromatic N) is 3. The maximum atomic E-state index is 6.01. The van der Waals surface area contributed by atoms with E-state index in [1.54, 1.807) is 11.0 Å². The standard InChI is InChI=1S/C13H16Cl2N4/c1-9(10-3-4-11(14)12(15)7-10)16-6-5-13-17-8-19(2)18-13/h3-4,7-9,16H,5-6H2,1-2H3. The average Bonchev–Trinajstić information content (AvgIpc) is 2.78. The number of aromatic nitrogens is 3. The van der Waals surface area contributed by atoms with Gasteiger partial charge in [0, 0.05) is 26.1 Å². The van der Waals surface area contributed by atoms with Crippen LogP contribution in [0.5, 0.6) is 0 Å². The van der Waals surface area contributed by atoms with Gasteiger partial charge in [0.2, 0.25) is 0 Å². The highest BCUT2D eigenvalue weighted by molar-refractivity contribution is 6.42. The normalized spacial score (nSPS) is 12.6. The molecule has 0 aliphatic rings. The predicted octanol–water partition coefficient (Wildman–Crippen LogP) is 3.02. The molecule has 19 heavy (non-hydrogen) atoms. The van der Waals surface area contributed by atoms with Crippen LogP contribution in [0.1, 0.15) is 24.4 Å². The maximum Gasteiger partial charge on any atom is 0.151 e. The van der Waals surface area contributed by atoms with E-state index in [2.05, 4.69) is 22.3 Å². The summed E-state index contributed by atoms with van der Waals surface area (Å²) in [4.78, 5) is 4.18. The predicted molar refractivity (Wildman–Crippen MR) is 77.6 cm³/mol. The summed E-state index contributed by atoms with van der Waals surface area (Å²) in [6.07, 6.45) is 2.50. The summed E-state index contributed by atoms with van der Waals surface area (Å²) in [5, 5.41) is 8.81. The van der Waals surface area contributed by atoms with Crippen LogP contribution in [-0.2, 0) is 13.5 Å². The van der Waals surface area contributed by atoms with Gasteiger partial charge in [-0.15, -0.1) is 0 Å². The van der Waals surface area contributed by atoms with Crippen molar-refractivity contribution < 1.29 is 0 Å². The lowest BCUT2D eigenvalue weighted by molar-refractivity contribution is 0.568. The fraction of sp³-hybridized carbons (Fsp3) is 0.385. The Morgan fingerprint density at radius 2 is 2.11 bits per heavy atom. The summed E-state index contributed by atoms with van der Waals surface area (Å²) in [6.45, 7) is 2.90. The van der Waals surface area contributed by atoms with Crippen LogP contribution in [0.15, 0.2) is 24.5 Å². The summed E-state index contributed by atoms with van der Waals surface area (Å²) < 4.78 is 1.71. The minimum atomic E-state index is 0.207. The molecular formula is C13H16Cl2N4.